The molecule has 0 spiro atoms. The quantitative estimate of drug-likeness (QED) is 0.846. The molecule has 0 atom stereocenters. The van der Waals surface area contributed by atoms with E-state index in [0.717, 1.165) is 5.56 Å². The minimum absolute atomic E-state index is 0.0236. The van der Waals surface area contributed by atoms with Crippen LogP contribution in [0.3, 0.4) is 0 Å². The number of anilines is 1. The predicted octanol–water partition coefficient (Wildman–Crippen LogP) is 4.68. The Kier molecular flexibility index (Phi) is 4.10. The van der Waals surface area contributed by atoms with Gasteiger partial charge in [-0.2, -0.15) is 0 Å². The summed E-state index contributed by atoms with van der Waals surface area (Å²) in [6, 6.07) is 10.9. The van der Waals surface area contributed by atoms with Crippen molar-refractivity contribution in [2.24, 2.45) is 0 Å². The first-order chi connectivity index (χ1) is 9.08. The molecule has 4 heteroatoms. The van der Waals surface area contributed by atoms with E-state index < -0.39 is 6.43 Å². The van der Waals surface area contributed by atoms with Gasteiger partial charge in [-0.15, -0.1) is 0 Å². The van der Waals surface area contributed by atoms with E-state index in [1.54, 1.807) is 31.2 Å². The van der Waals surface area contributed by atoms with Crippen LogP contribution in [0.2, 0.25) is 0 Å². The SMILES string of the molecule is Cc1cccc(F)c1NCc1cccc(C(F)F)c1. The van der Waals surface area contributed by atoms with Crippen LogP contribution in [0.15, 0.2) is 42.5 Å². The second-order valence-corrected chi connectivity index (χ2v) is 4.33. The fraction of sp³-hybridized carbons (Fsp3) is 0.200. The molecule has 100 valence electrons. The average Bonchev–Trinajstić information content (AvgIpc) is 2.38. The second kappa shape index (κ2) is 5.78. The number of halogens is 3. The Morgan fingerprint density at radius 3 is 2.53 bits per heavy atom. The van der Waals surface area contributed by atoms with Gasteiger partial charge in [0.15, 0.2) is 0 Å². The molecule has 0 radical (unpaired) electrons. The van der Waals surface area contributed by atoms with Gasteiger partial charge in [0.2, 0.25) is 0 Å². The number of alkyl halides is 2. The zero-order valence-electron chi connectivity index (χ0n) is 10.5. The average molecular weight is 265 g/mol. The molecule has 0 aliphatic carbocycles. The lowest BCUT2D eigenvalue weighted by Crippen LogP contribution is -2.03. The Labute approximate surface area is 110 Å². The fourth-order valence-electron chi connectivity index (χ4n) is 1.89. The largest absolute Gasteiger partial charge is 0.378 e. The zero-order chi connectivity index (χ0) is 13.8. The smallest absolute Gasteiger partial charge is 0.263 e. The summed E-state index contributed by atoms with van der Waals surface area (Å²) in [4.78, 5) is 0. The maximum atomic E-state index is 13.6. The number of para-hydroxylation sites is 1. The van der Waals surface area contributed by atoms with Gasteiger partial charge in [0.1, 0.15) is 5.82 Å². The van der Waals surface area contributed by atoms with E-state index in [1.807, 2.05) is 0 Å². The van der Waals surface area contributed by atoms with Gasteiger partial charge in [-0.05, 0) is 30.2 Å². The van der Waals surface area contributed by atoms with Crippen molar-refractivity contribution in [3.63, 3.8) is 0 Å². The minimum atomic E-state index is -2.49. The maximum absolute atomic E-state index is 13.6. The number of hydrogen-bond donors (Lipinski definition) is 1. The van der Waals surface area contributed by atoms with Crippen molar-refractivity contribution in [1.82, 2.24) is 0 Å². The first-order valence-electron chi connectivity index (χ1n) is 5.94. The lowest BCUT2D eigenvalue weighted by molar-refractivity contribution is 0.151. The fourth-order valence-corrected chi connectivity index (χ4v) is 1.89. The summed E-state index contributed by atoms with van der Waals surface area (Å²) in [6.07, 6.45) is -2.49. The highest BCUT2D eigenvalue weighted by Gasteiger charge is 2.08. The summed E-state index contributed by atoms with van der Waals surface area (Å²) >= 11 is 0. The Bertz CT molecular complexity index is 547. The molecule has 0 saturated heterocycles. The monoisotopic (exact) mass is 265 g/mol. The van der Waals surface area contributed by atoms with Crippen molar-refractivity contribution in [2.45, 2.75) is 19.9 Å². The van der Waals surface area contributed by atoms with E-state index in [4.69, 9.17) is 0 Å². The van der Waals surface area contributed by atoms with Gasteiger partial charge >= 0.3 is 0 Å². The molecule has 0 saturated carbocycles. The number of aryl methyl sites for hydroxylation is 1. The minimum Gasteiger partial charge on any atom is -0.378 e. The number of rotatable bonds is 4. The lowest BCUT2D eigenvalue weighted by atomic mass is 10.1. The van der Waals surface area contributed by atoms with Crippen LogP contribution >= 0.6 is 0 Å². The summed E-state index contributed by atoms with van der Waals surface area (Å²) < 4.78 is 38.7. The van der Waals surface area contributed by atoms with Crippen molar-refractivity contribution in [2.75, 3.05) is 5.32 Å². The molecule has 0 aromatic heterocycles. The van der Waals surface area contributed by atoms with Crippen molar-refractivity contribution in [3.05, 3.63) is 65.0 Å². The molecule has 0 aliphatic rings. The summed E-state index contributed by atoms with van der Waals surface area (Å²) in [6.45, 7) is 2.10. The maximum Gasteiger partial charge on any atom is 0.263 e. The van der Waals surface area contributed by atoms with E-state index in [-0.39, 0.29) is 11.4 Å². The molecular formula is C15H14F3N. The van der Waals surface area contributed by atoms with Crippen LogP contribution < -0.4 is 5.32 Å². The predicted molar refractivity (Wildman–Crippen MR) is 69.9 cm³/mol. The van der Waals surface area contributed by atoms with Crippen LogP contribution in [0, 0.1) is 12.7 Å². The third-order valence-corrected chi connectivity index (χ3v) is 2.89. The van der Waals surface area contributed by atoms with Crippen molar-refractivity contribution >= 4 is 5.69 Å². The van der Waals surface area contributed by atoms with Crippen LogP contribution in [0.5, 0.6) is 0 Å². The molecule has 1 nitrogen and oxygen atoms in total. The Morgan fingerprint density at radius 1 is 1.11 bits per heavy atom. The van der Waals surface area contributed by atoms with Gasteiger partial charge < -0.3 is 5.32 Å². The summed E-state index contributed by atoms with van der Waals surface area (Å²) in [5, 5.41) is 2.94. The highest BCUT2D eigenvalue weighted by molar-refractivity contribution is 5.52. The van der Waals surface area contributed by atoms with Crippen molar-refractivity contribution < 1.29 is 13.2 Å². The molecule has 0 aliphatic heterocycles. The van der Waals surface area contributed by atoms with Gasteiger partial charge in [-0.25, -0.2) is 13.2 Å². The van der Waals surface area contributed by atoms with Crippen molar-refractivity contribution in [3.8, 4) is 0 Å². The topological polar surface area (TPSA) is 12.0 Å². The molecule has 1 N–H and O–H groups in total. The van der Waals surface area contributed by atoms with E-state index in [1.165, 1.54) is 18.2 Å². The van der Waals surface area contributed by atoms with Gasteiger partial charge in [-0.1, -0.05) is 30.3 Å². The Balaban J connectivity index is 2.12. The van der Waals surface area contributed by atoms with E-state index in [0.29, 0.717) is 17.8 Å². The standard InChI is InChI=1S/C15H14F3N/c1-10-4-2-7-13(16)14(10)19-9-11-5-3-6-12(8-11)15(17)18/h2-8,15,19H,9H2,1H3. The molecule has 0 fully saturated rings. The third kappa shape index (κ3) is 3.28. The van der Waals surface area contributed by atoms with Crippen LogP contribution in [-0.2, 0) is 6.54 Å². The zero-order valence-corrected chi connectivity index (χ0v) is 10.5. The highest BCUT2D eigenvalue weighted by Crippen LogP contribution is 2.22. The molecule has 0 amide bonds. The molecular weight excluding hydrogens is 251 g/mol. The van der Waals surface area contributed by atoms with Crippen LogP contribution in [0.4, 0.5) is 18.9 Å². The summed E-state index contributed by atoms with van der Waals surface area (Å²) in [7, 11) is 0. The molecule has 19 heavy (non-hydrogen) atoms. The summed E-state index contributed by atoms with van der Waals surface area (Å²) in [5.74, 6) is -0.343. The van der Waals surface area contributed by atoms with E-state index in [2.05, 4.69) is 5.32 Å². The first-order valence-corrected chi connectivity index (χ1v) is 5.94. The van der Waals surface area contributed by atoms with Crippen molar-refractivity contribution in [1.29, 1.82) is 0 Å². The van der Waals surface area contributed by atoms with E-state index >= 15 is 0 Å². The number of benzene rings is 2. The molecule has 2 rings (SSSR count). The molecule has 2 aromatic rings. The molecule has 0 bridgehead atoms. The normalized spacial score (nSPS) is 10.8. The third-order valence-electron chi connectivity index (χ3n) is 2.89. The first kappa shape index (κ1) is 13.5. The summed E-state index contributed by atoms with van der Waals surface area (Å²) in [5.41, 5.74) is 1.86. The van der Waals surface area contributed by atoms with Gasteiger partial charge in [0.25, 0.3) is 6.43 Å². The number of hydrogen-bond acceptors (Lipinski definition) is 1. The van der Waals surface area contributed by atoms with Gasteiger partial charge in [0.05, 0.1) is 5.69 Å². The van der Waals surface area contributed by atoms with Crippen LogP contribution in [0.25, 0.3) is 0 Å². The highest BCUT2D eigenvalue weighted by atomic mass is 19.3. The van der Waals surface area contributed by atoms with Gasteiger partial charge in [0, 0.05) is 12.1 Å². The van der Waals surface area contributed by atoms with Crippen LogP contribution in [-0.4, -0.2) is 0 Å². The second-order valence-electron chi connectivity index (χ2n) is 4.33. The molecule has 0 unspecified atom stereocenters. The van der Waals surface area contributed by atoms with E-state index in [9.17, 15) is 13.2 Å². The lowest BCUT2D eigenvalue weighted by Gasteiger charge is -2.11. The Morgan fingerprint density at radius 2 is 1.84 bits per heavy atom. The Hall–Kier alpha value is -1.97. The molecule has 2 aromatic carbocycles. The molecule has 0 heterocycles. The van der Waals surface area contributed by atoms with Crippen LogP contribution in [0.1, 0.15) is 23.1 Å². The van der Waals surface area contributed by atoms with Gasteiger partial charge in [-0.3, -0.25) is 0 Å². The number of nitrogens with one attached hydrogen (secondary N) is 1.